The number of aromatic amines is 1. The summed E-state index contributed by atoms with van der Waals surface area (Å²) in [7, 11) is 4.92. The molecule has 0 aliphatic rings. The first-order valence-electron chi connectivity index (χ1n) is 17.5. The Kier molecular flexibility index (Phi) is 13.1. The number of H-pyrrole nitrogens is 1. The lowest BCUT2D eigenvalue weighted by Gasteiger charge is -2.19. The van der Waals surface area contributed by atoms with Crippen molar-refractivity contribution in [3.05, 3.63) is 137 Å². The van der Waals surface area contributed by atoms with Gasteiger partial charge in [-0.3, -0.25) is 18.7 Å². The number of nitrogens with one attached hydrogen (secondary N) is 3. The van der Waals surface area contributed by atoms with E-state index in [-0.39, 0.29) is 5.76 Å². The fraction of sp³-hybridized carbons (Fsp3) is 0.225. The predicted molar refractivity (Wildman–Crippen MR) is 216 cm³/mol. The highest BCUT2D eigenvalue weighted by Gasteiger charge is 2.16. The Labute approximate surface area is 338 Å². The molecule has 0 bridgehead atoms. The quantitative estimate of drug-likeness (QED) is 0.185. The van der Waals surface area contributed by atoms with Crippen LogP contribution in [0.5, 0.6) is 0 Å². The van der Waals surface area contributed by atoms with E-state index in [1.165, 1.54) is 13.7 Å². The van der Waals surface area contributed by atoms with Crippen LogP contribution in [0.25, 0.3) is 44.4 Å². The highest BCUT2D eigenvalue weighted by molar-refractivity contribution is 6.13. The van der Waals surface area contributed by atoms with Gasteiger partial charge in [0.2, 0.25) is 0 Å². The van der Waals surface area contributed by atoms with Crippen LogP contribution in [-0.2, 0) is 39.0 Å². The summed E-state index contributed by atoms with van der Waals surface area (Å²) in [6.07, 6.45) is -0.473. The smallest absolute Gasteiger partial charge is 0.419 e. The van der Waals surface area contributed by atoms with Crippen LogP contribution in [0.15, 0.2) is 110 Å². The topological polar surface area (TPSA) is 249 Å². The number of ether oxygens (including phenoxy) is 1. The van der Waals surface area contributed by atoms with Gasteiger partial charge in [0, 0.05) is 34.2 Å². The Hall–Kier alpha value is -7.54. The van der Waals surface area contributed by atoms with Crippen molar-refractivity contribution >= 4 is 62.3 Å². The van der Waals surface area contributed by atoms with Gasteiger partial charge < -0.3 is 27.7 Å². The first-order valence-corrected chi connectivity index (χ1v) is 17.9. The van der Waals surface area contributed by atoms with Crippen LogP contribution in [0.1, 0.15) is 43.0 Å². The molecule has 0 aliphatic heterocycles. The number of hydrogen-bond acceptors (Lipinski definition) is 13. The fourth-order valence-corrected chi connectivity index (χ4v) is 5.50. The number of rotatable bonds is 4. The van der Waals surface area contributed by atoms with E-state index < -0.39 is 29.0 Å². The average molecular weight is 825 g/mol. The van der Waals surface area contributed by atoms with Gasteiger partial charge in [-0.05, 0) is 104 Å². The molecule has 18 nitrogen and oxygen atoms in total. The molecule has 8 aromatic rings. The van der Waals surface area contributed by atoms with Crippen LogP contribution in [0, 0.1) is 22.7 Å². The number of fused-ring (bicyclic) bond motifs is 4. The van der Waals surface area contributed by atoms with E-state index in [2.05, 4.69) is 15.1 Å². The van der Waals surface area contributed by atoms with E-state index >= 15 is 0 Å². The SMILES string of the molecule is Cn1c(=O)oc2ccc(C#N)cc21.Cn1c(=O)oc2ccc(CNC(=O)OC(C)(C)C)cc21.Cn1c(=O)oc2ccc(CNCl)cc21.N#Cc1ccc2oc(=O)[nH]c2c1. The van der Waals surface area contributed by atoms with Crippen molar-refractivity contribution < 1.29 is 27.2 Å². The van der Waals surface area contributed by atoms with E-state index in [0.717, 1.165) is 16.6 Å². The molecule has 0 saturated carbocycles. The van der Waals surface area contributed by atoms with Crippen LogP contribution >= 0.6 is 11.8 Å². The molecule has 0 radical (unpaired) electrons. The van der Waals surface area contributed by atoms with Crippen molar-refractivity contribution in [3.8, 4) is 12.1 Å². The molecule has 0 saturated heterocycles. The largest absolute Gasteiger partial charge is 0.444 e. The van der Waals surface area contributed by atoms with Gasteiger partial charge in [-0.2, -0.15) is 10.5 Å². The maximum atomic E-state index is 11.6. The predicted octanol–water partition coefficient (Wildman–Crippen LogP) is 5.53. The van der Waals surface area contributed by atoms with Gasteiger partial charge in [0.25, 0.3) is 0 Å². The Morgan fingerprint density at radius 2 is 1.12 bits per heavy atom. The monoisotopic (exact) mass is 824 g/mol. The summed E-state index contributed by atoms with van der Waals surface area (Å²) in [5, 5.41) is 19.8. The van der Waals surface area contributed by atoms with E-state index in [4.69, 9.17) is 44.7 Å². The normalized spacial score (nSPS) is 10.8. The molecule has 4 aromatic carbocycles. The summed E-state index contributed by atoms with van der Waals surface area (Å²) in [5.74, 6) is -1.67. The second-order valence-corrected chi connectivity index (χ2v) is 13.9. The summed E-state index contributed by atoms with van der Waals surface area (Å²) in [5.41, 5.74) is 7.12. The standard InChI is InChI=1S/C14H18N2O4.C9H9ClN2O2.C9H6N2O2.C8H4N2O2/c1-14(2,3)20-12(17)15-8-9-5-6-11-10(7-9)16(4)13(18)19-11;1-12-7-4-6(5-11-10)2-3-8(7)14-9(12)13;1-11-7-4-6(5-10)2-3-8(7)13-9(11)12;9-4-5-1-2-7-6(3-5)10-8(11)12-7/h5-7H,8H2,1-4H3,(H,15,17);2-4,11H,5H2,1H3;2-4H,1H3;1-3H,(H,10,11). The Bertz CT molecular complexity index is 3120. The molecule has 19 heteroatoms. The summed E-state index contributed by atoms with van der Waals surface area (Å²) in [6.45, 7) is 6.29. The number of aryl methyl sites for hydroxylation is 3. The summed E-state index contributed by atoms with van der Waals surface area (Å²) < 4.78 is 29.1. The third-order valence-electron chi connectivity index (χ3n) is 8.29. The number of amides is 1. The minimum absolute atomic E-state index is 0.324. The lowest BCUT2D eigenvalue weighted by atomic mass is 10.2. The molecule has 0 fully saturated rings. The molecule has 0 unspecified atom stereocenters. The van der Waals surface area contributed by atoms with Gasteiger partial charge >= 0.3 is 29.1 Å². The van der Waals surface area contributed by atoms with Gasteiger partial charge in [-0.15, -0.1) is 0 Å². The first-order chi connectivity index (χ1) is 28.0. The average Bonchev–Trinajstić information content (AvgIpc) is 3.90. The number of alkyl carbamates (subject to hydrolysis) is 1. The van der Waals surface area contributed by atoms with Crippen molar-refractivity contribution in [1.29, 1.82) is 10.5 Å². The molecule has 3 N–H and O–H groups in total. The fourth-order valence-electron chi connectivity index (χ4n) is 5.35. The van der Waals surface area contributed by atoms with Gasteiger partial charge in [0.05, 0.1) is 45.3 Å². The van der Waals surface area contributed by atoms with Gasteiger partial charge in [-0.25, -0.2) is 28.8 Å². The number of carbonyl (C=O) groups excluding carboxylic acids is 1. The number of carbonyl (C=O) groups is 1. The maximum Gasteiger partial charge on any atom is 0.419 e. The van der Waals surface area contributed by atoms with Gasteiger partial charge in [0.15, 0.2) is 22.3 Å². The highest BCUT2D eigenvalue weighted by Crippen LogP contribution is 2.16. The number of nitriles is 2. The second kappa shape index (κ2) is 18.2. The lowest BCUT2D eigenvalue weighted by molar-refractivity contribution is 0.0523. The summed E-state index contributed by atoms with van der Waals surface area (Å²) in [4.78, 5) is 60.8. The zero-order chi connectivity index (χ0) is 43.0. The molecule has 1 amide bonds. The molecule has 59 heavy (non-hydrogen) atoms. The third-order valence-corrected chi connectivity index (χ3v) is 8.42. The zero-order valence-electron chi connectivity index (χ0n) is 32.5. The molecule has 8 rings (SSSR count). The molecule has 0 atom stereocenters. The van der Waals surface area contributed by atoms with Crippen LogP contribution in [0.2, 0.25) is 0 Å². The molecule has 0 spiro atoms. The van der Waals surface area contributed by atoms with Crippen molar-refractivity contribution in [3.63, 3.8) is 0 Å². The molecule has 4 heterocycles. The number of benzene rings is 4. The maximum absolute atomic E-state index is 11.6. The van der Waals surface area contributed by atoms with E-state index in [1.807, 2.05) is 24.3 Å². The number of halogens is 1. The number of aromatic nitrogens is 4. The van der Waals surface area contributed by atoms with E-state index in [9.17, 15) is 24.0 Å². The van der Waals surface area contributed by atoms with Crippen molar-refractivity contribution in [1.82, 2.24) is 28.8 Å². The number of oxazole rings is 4. The third kappa shape index (κ3) is 10.7. The van der Waals surface area contributed by atoms with E-state index in [0.29, 0.717) is 63.1 Å². The number of nitrogens with zero attached hydrogens (tertiary/aromatic N) is 5. The summed E-state index contributed by atoms with van der Waals surface area (Å²) in [6, 6.07) is 24.4. The first kappa shape index (κ1) is 42.6. The lowest BCUT2D eigenvalue weighted by Crippen LogP contribution is -2.32. The van der Waals surface area contributed by atoms with Crippen LogP contribution in [0.3, 0.4) is 0 Å². The molecule has 304 valence electrons. The molecular formula is C40H37ClN8O10. The Morgan fingerprint density at radius 3 is 1.59 bits per heavy atom. The summed E-state index contributed by atoms with van der Waals surface area (Å²) >= 11 is 5.39. The van der Waals surface area contributed by atoms with Gasteiger partial charge in [0.1, 0.15) is 5.60 Å². The zero-order valence-corrected chi connectivity index (χ0v) is 33.3. The second-order valence-electron chi connectivity index (χ2n) is 13.7. The molecule has 4 aromatic heterocycles. The Balaban J connectivity index is 0.000000153. The highest BCUT2D eigenvalue weighted by atomic mass is 35.5. The minimum Gasteiger partial charge on any atom is -0.444 e. The molecular weight excluding hydrogens is 788 g/mol. The Morgan fingerprint density at radius 1 is 0.678 bits per heavy atom. The van der Waals surface area contributed by atoms with Crippen molar-refractivity contribution in [2.24, 2.45) is 21.1 Å². The van der Waals surface area contributed by atoms with Gasteiger partial charge in [-0.1, -0.05) is 12.1 Å². The van der Waals surface area contributed by atoms with E-state index in [1.54, 1.807) is 103 Å². The van der Waals surface area contributed by atoms with Crippen molar-refractivity contribution in [2.75, 3.05) is 0 Å². The van der Waals surface area contributed by atoms with Crippen LogP contribution < -0.4 is 33.2 Å². The van der Waals surface area contributed by atoms with Crippen molar-refractivity contribution in [2.45, 2.75) is 39.5 Å². The molecule has 0 aliphatic carbocycles. The van der Waals surface area contributed by atoms with Crippen LogP contribution in [0.4, 0.5) is 4.79 Å². The minimum atomic E-state index is -0.525. The van der Waals surface area contributed by atoms with Crippen LogP contribution in [-0.4, -0.2) is 30.4 Å². The number of hydrogen-bond donors (Lipinski definition) is 3.